The fourth-order valence-electron chi connectivity index (χ4n) is 2.77. The van der Waals surface area contributed by atoms with E-state index < -0.39 is 8.32 Å². The zero-order valence-corrected chi connectivity index (χ0v) is 17.0. The summed E-state index contributed by atoms with van der Waals surface area (Å²) >= 11 is 1.52. The number of nitrogens with zero attached hydrogens (tertiary/aromatic N) is 2. The first-order valence-electron chi connectivity index (χ1n) is 8.55. The number of nitrogens with two attached hydrogens (primary N) is 1. The van der Waals surface area contributed by atoms with E-state index in [1.54, 1.807) is 0 Å². The maximum atomic E-state index is 6.55. The van der Waals surface area contributed by atoms with Crippen molar-refractivity contribution in [3.8, 4) is 0 Å². The number of anilines is 1. The Kier molecular flexibility index (Phi) is 4.57. The number of fused-ring (bicyclic) bond motifs is 1. The second-order valence-electron chi connectivity index (χ2n) is 8.09. The van der Waals surface area contributed by atoms with Gasteiger partial charge in [0.2, 0.25) is 0 Å². The molecular formula is C18H27N3OSSi. The number of aromatic nitrogens is 2. The van der Waals surface area contributed by atoms with Crippen molar-refractivity contribution in [2.75, 3.05) is 5.73 Å². The van der Waals surface area contributed by atoms with E-state index in [1.165, 1.54) is 16.9 Å². The lowest BCUT2D eigenvalue weighted by Crippen LogP contribution is -2.44. The normalized spacial score (nSPS) is 19.5. The molecule has 2 aromatic rings. The van der Waals surface area contributed by atoms with Crippen molar-refractivity contribution in [1.29, 1.82) is 0 Å². The third kappa shape index (κ3) is 3.55. The van der Waals surface area contributed by atoms with Gasteiger partial charge in [0.15, 0.2) is 13.4 Å². The zero-order valence-electron chi connectivity index (χ0n) is 15.2. The van der Waals surface area contributed by atoms with Gasteiger partial charge in [-0.2, -0.15) is 0 Å². The summed E-state index contributed by atoms with van der Waals surface area (Å²) in [5.41, 5.74) is 9.04. The molecule has 3 rings (SSSR count). The third-order valence-electron chi connectivity index (χ3n) is 5.25. The summed E-state index contributed by atoms with van der Waals surface area (Å²) < 4.78 is 7.66. The Balaban J connectivity index is 1.72. The van der Waals surface area contributed by atoms with Crippen molar-refractivity contribution in [3.05, 3.63) is 24.0 Å². The van der Waals surface area contributed by atoms with Crippen LogP contribution >= 0.6 is 11.3 Å². The third-order valence-corrected chi connectivity index (χ3v) is 10.6. The number of allylic oxidation sites excluding steroid dienone is 1. The molecule has 0 radical (unpaired) electrons. The number of nitrogen functional groups attached to an aromatic ring is 1. The first kappa shape index (κ1) is 17.6. The second-order valence-corrected chi connectivity index (χ2v) is 13.9. The maximum absolute atomic E-state index is 6.55. The Morgan fingerprint density at radius 1 is 1.33 bits per heavy atom. The van der Waals surface area contributed by atoms with Gasteiger partial charge in [0.05, 0.1) is 16.6 Å². The first-order valence-corrected chi connectivity index (χ1v) is 12.3. The van der Waals surface area contributed by atoms with E-state index in [-0.39, 0.29) is 5.04 Å². The van der Waals surface area contributed by atoms with Gasteiger partial charge in [-0.15, -0.1) is 0 Å². The molecular weight excluding hydrogens is 334 g/mol. The monoisotopic (exact) mass is 361 g/mol. The van der Waals surface area contributed by atoms with Crippen molar-refractivity contribution in [3.63, 3.8) is 0 Å². The average molecular weight is 362 g/mol. The van der Waals surface area contributed by atoms with Crippen LogP contribution in [0.25, 0.3) is 15.8 Å². The molecule has 24 heavy (non-hydrogen) atoms. The van der Waals surface area contributed by atoms with E-state index in [9.17, 15) is 0 Å². The van der Waals surface area contributed by atoms with Crippen LogP contribution in [0.3, 0.4) is 0 Å². The van der Waals surface area contributed by atoms with Crippen LogP contribution < -0.4 is 5.73 Å². The first-order chi connectivity index (χ1) is 11.2. The van der Waals surface area contributed by atoms with Crippen molar-refractivity contribution in [2.24, 2.45) is 0 Å². The lowest BCUT2D eigenvalue weighted by atomic mass is 9.95. The minimum Gasteiger partial charge on any atom is -0.414 e. The van der Waals surface area contributed by atoms with Gasteiger partial charge >= 0.3 is 0 Å². The van der Waals surface area contributed by atoms with Crippen LogP contribution in [0.1, 0.15) is 45.7 Å². The van der Waals surface area contributed by atoms with E-state index >= 15 is 0 Å². The zero-order chi connectivity index (χ0) is 17.5. The summed E-state index contributed by atoms with van der Waals surface area (Å²) in [4.78, 5) is 8.84. The van der Waals surface area contributed by atoms with Crippen molar-refractivity contribution < 1.29 is 4.43 Å². The Bertz CT molecular complexity index is 776. The molecule has 0 aromatic carbocycles. The largest absolute Gasteiger partial charge is 0.414 e. The van der Waals surface area contributed by atoms with Crippen LogP contribution in [-0.2, 0) is 4.43 Å². The molecule has 6 heteroatoms. The number of hydrogen-bond donors (Lipinski definition) is 1. The smallest absolute Gasteiger partial charge is 0.192 e. The molecule has 0 saturated carbocycles. The van der Waals surface area contributed by atoms with Crippen LogP contribution in [0.15, 0.2) is 18.3 Å². The van der Waals surface area contributed by atoms with Crippen LogP contribution in [0.5, 0.6) is 0 Å². The summed E-state index contributed by atoms with van der Waals surface area (Å²) in [7, 11) is -1.69. The van der Waals surface area contributed by atoms with Gasteiger partial charge in [0.25, 0.3) is 0 Å². The standard InChI is InChI=1S/C18H27N3OSSi/c1-18(2,3)24(4,5)22-13-8-6-12(7-9-13)14-10-16-15(11-20-14)21-17(19)23-16/h6,10-11,13H,7-9H2,1-5H3,(H2,19,21). The highest BCUT2D eigenvalue weighted by atomic mass is 32.1. The SMILES string of the molecule is CC(C)(C)[Si](C)(C)OC1CC=C(c2cc3sc(N)nc3cn2)CC1. The van der Waals surface area contributed by atoms with Gasteiger partial charge < -0.3 is 10.2 Å². The second kappa shape index (κ2) is 6.24. The van der Waals surface area contributed by atoms with Crippen LogP contribution in [0.2, 0.25) is 18.1 Å². The lowest BCUT2D eigenvalue weighted by Gasteiger charge is -2.40. The Labute approximate surface area is 149 Å². The van der Waals surface area contributed by atoms with E-state index in [4.69, 9.17) is 10.2 Å². The lowest BCUT2D eigenvalue weighted by molar-refractivity contribution is 0.172. The summed E-state index contributed by atoms with van der Waals surface area (Å²) in [6.45, 7) is 11.5. The molecule has 1 aliphatic rings. The highest BCUT2D eigenvalue weighted by Crippen LogP contribution is 2.39. The fraction of sp³-hybridized carbons (Fsp3) is 0.556. The average Bonchev–Trinajstić information content (AvgIpc) is 2.85. The number of hydrogen-bond acceptors (Lipinski definition) is 5. The summed E-state index contributed by atoms with van der Waals surface area (Å²) in [6, 6.07) is 2.12. The van der Waals surface area contributed by atoms with E-state index in [0.29, 0.717) is 11.2 Å². The van der Waals surface area contributed by atoms with Gasteiger partial charge in [0, 0.05) is 6.10 Å². The van der Waals surface area contributed by atoms with Crippen LogP contribution in [0.4, 0.5) is 5.13 Å². The van der Waals surface area contributed by atoms with Crippen molar-refractivity contribution in [1.82, 2.24) is 9.97 Å². The molecule has 1 atom stereocenters. The van der Waals surface area contributed by atoms with Crippen LogP contribution in [0, 0.1) is 0 Å². The Morgan fingerprint density at radius 2 is 2.08 bits per heavy atom. The molecule has 1 aliphatic carbocycles. The predicted octanol–water partition coefficient (Wildman–Crippen LogP) is 5.23. The molecule has 0 aliphatic heterocycles. The predicted molar refractivity (Wildman–Crippen MR) is 106 cm³/mol. The molecule has 1 unspecified atom stereocenters. The molecule has 2 heterocycles. The molecule has 2 N–H and O–H groups in total. The minimum absolute atomic E-state index is 0.260. The highest BCUT2D eigenvalue weighted by molar-refractivity contribution is 7.22. The quantitative estimate of drug-likeness (QED) is 0.760. The topological polar surface area (TPSA) is 61.0 Å². The molecule has 130 valence electrons. The van der Waals surface area contributed by atoms with Gasteiger partial charge in [-0.25, -0.2) is 4.98 Å². The number of pyridine rings is 1. The molecule has 0 amide bonds. The minimum atomic E-state index is -1.69. The van der Waals surface area contributed by atoms with Crippen LogP contribution in [-0.4, -0.2) is 24.4 Å². The highest BCUT2D eigenvalue weighted by Gasteiger charge is 2.39. The molecule has 2 aromatic heterocycles. The number of rotatable bonds is 3. The Hall–Kier alpha value is -1.24. The molecule has 0 bridgehead atoms. The summed E-state index contributed by atoms with van der Waals surface area (Å²) in [5, 5.41) is 0.861. The summed E-state index contributed by atoms with van der Waals surface area (Å²) in [5.74, 6) is 0. The molecule has 0 fully saturated rings. The fourth-order valence-corrected chi connectivity index (χ4v) is 4.91. The van der Waals surface area contributed by atoms with E-state index in [0.717, 1.165) is 35.2 Å². The summed E-state index contributed by atoms with van der Waals surface area (Å²) in [6.07, 6.45) is 7.55. The van der Waals surface area contributed by atoms with E-state index in [1.807, 2.05) is 6.20 Å². The molecule has 0 saturated heterocycles. The molecule has 4 nitrogen and oxygen atoms in total. The van der Waals surface area contributed by atoms with Gasteiger partial charge in [-0.3, -0.25) is 4.98 Å². The van der Waals surface area contributed by atoms with Gasteiger partial charge in [-0.1, -0.05) is 38.2 Å². The van der Waals surface area contributed by atoms with Crippen molar-refractivity contribution in [2.45, 2.75) is 64.3 Å². The maximum Gasteiger partial charge on any atom is 0.192 e. The molecule has 0 spiro atoms. The van der Waals surface area contributed by atoms with Gasteiger partial charge in [-0.05, 0) is 49.0 Å². The van der Waals surface area contributed by atoms with E-state index in [2.05, 4.69) is 56.0 Å². The number of thiazole rings is 1. The van der Waals surface area contributed by atoms with Crippen molar-refractivity contribution >= 4 is 40.6 Å². The Morgan fingerprint density at radius 3 is 2.71 bits per heavy atom. The van der Waals surface area contributed by atoms with Gasteiger partial charge in [0.1, 0.15) is 5.52 Å².